The monoisotopic (exact) mass is 303 g/mol. The lowest BCUT2D eigenvalue weighted by molar-refractivity contribution is 0.158. The molecule has 0 aliphatic rings. The van der Waals surface area contributed by atoms with Crippen LogP contribution in [0.5, 0.6) is 0 Å². The van der Waals surface area contributed by atoms with Gasteiger partial charge in [0, 0.05) is 14.1 Å². The molecule has 0 unspecified atom stereocenters. The Labute approximate surface area is 124 Å². The molecule has 7 heteroatoms. The van der Waals surface area contributed by atoms with Gasteiger partial charge < -0.3 is 15.0 Å². The fourth-order valence-electron chi connectivity index (χ4n) is 1.38. The lowest BCUT2D eigenvalue weighted by Crippen LogP contribution is -2.34. The number of hydrogen-bond donors (Lipinski definition) is 2. The first kappa shape index (κ1) is 17.5. The number of carbonyl (C=O) groups is 1. The number of carbonyl (C=O) groups excluding carboxylic acids is 1. The number of nitrogens with one attached hydrogen (secondary N) is 2. The predicted molar refractivity (Wildman–Crippen MR) is 84.4 cm³/mol. The van der Waals surface area contributed by atoms with Gasteiger partial charge in [-0.2, -0.15) is 0 Å². The molecule has 5 nitrogen and oxygen atoms in total. The molecule has 1 aromatic rings. The summed E-state index contributed by atoms with van der Waals surface area (Å²) in [6, 6.07) is 7.66. The summed E-state index contributed by atoms with van der Waals surface area (Å²) in [4.78, 5) is 13.1. The second-order valence-electron chi connectivity index (χ2n) is 3.71. The Morgan fingerprint density at radius 2 is 2.00 bits per heavy atom. The molecule has 0 aliphatic heterocycles. The first-order valence-corrected chi connectivity index (χ1v) is 5.96. The van der Waals surface area contributed by atoms with Gasteiger partial charge in [-0.05, 0) is 31.3 Å². The smallest absolute Gasteiger partial charge is 0.413 e. The number of ether oxygens (including phenoxy) is 1. The molecule has 0 saturated heterocycles. The molecule has 0 bridgehead atoms. The van der Waals surface area contributed by atoms with E-state index >= 15 is 0 Å². The Balaban J connectivity index is 0.00000324. The van der Waals surface area contributed by atoms with Crippen LogP contribution in [-0.4, -0.2) is 31.9 Å². The van der Waals surface area contributed by atoms with Crippen LogP contribution in [0, 0.1) is 0 Å². The first-order valence-electron chi connectivity index (χ1n) is 5.55. The number of nitrogens with zero attached hydrogens (tertiary/aromatic N) is 1. The van der Waals surface area contributed by atoms with Crippen molar-refractivity contribution in [1.29, 1.82) is 0 Å². The number of rotatable bonds is 3. The van der Waals surface area contributed by atoms with Gasteiger partial charge in [0.1, 0.15) is 0 Å². The normalized spacial score (nSPS) is 9.00. The molecule has 1 rings (SSSR count). The highest BCUT2D eigenvalue weighted by Gasteiger charge is 2.08. The second kappa shape index (κ2) is 8.55. The predicted octanol–water partition coefficient (Wildman–Crippen LogP) is 2.62. The van der Waals surface area contributed by atoms with E-state index < -0.39 is 6.09 Å². The molecule has 2 N–H and O–H groups in total. The highest BCUT2D eigenvalue weighted by atomic mass is 35.5. The van der Waals surface area contributed by atoms with Crippen LogP contribution in [-0.2, 0) is 4.74 Å². The molecule has 19 heavy (non-hydrogen) atoms. The Bertz CT molecular complexity index is 441. The maximum Gasteiger partial charge on any atom is 0.413 e. The highest BCUT2D eigenvalue weighted by Crippen LogP contribution is 2.23. The Morgan fingerprint density at radius 3 is 2.58 bits per heavy atom. The van der Waals surface area contributed by atoms with Crippen molar-refractivity contribution in [2.45, 2.75) is 6.92 Å². The van der Waals surface area contributed by atoms with Crippen LogP contribution >= 0.6 is 24.6 Å². The molecule has 0 aromatic heterocycles. The molecular formula is C12H18ClN3O2S. The number of alkyl carbamates (subject to hydrolysis) is 1. The highest BCUT2D eigenvalue weighted by molar-refractivity contribution is 7.80. The van der Waals surface area contributed by atoms with Gasteiger partial charge in [-0.15, -0.1) is 12.4 Å². The van der Waals surface area contributed by atoms with E-state index in [0.29, 0.717) is 6.61 Å². The standard InChI is InChI=1S/C12H17N3O2S.ClH/c1-4-17-12(16)14-11(18)13-9-7-5-6-8-10(9)15(2)3;/h5-8H,4H2,1-3H3,(H2,13,14,16,18);1H. The summed E-state index contributed by atoms with van der Waals surface area (Å²) in [5.41, 5.74) is 1.80. The van der Waals surface area contributed by atoms with E-state index in [2.05, 4.69) is 10.6 Å². The lowest BCUT2D eigenvalue weighted by atomic mass is 10.2. The SMILES string of the molecule is CCOC(=O)NC(=S)Nc1ccccc1N(C)C.Cl. The van der Waals surface area contributed by atoms with E-state index in [-0.39, 0.29) is 17.5 Å². The molecular weight excluding hydrogens is 286 g/mol. The third kappa shape index (κ3) is 5.76. The average Bonchev–Trinajstić information content (AvgIpc) is 2.29. The maximum absolute atomic E-state index is 11.2. The second-order valence-corrected chi connectivity index (χ2v) is 4.12. The van der Waals surface area contributed by atoms with Crippen molar-refractivity contribution in [3.05, 3.63) is 24.3 Å². The third-order valence-electron chi connectivity index (χ3n) is 2.13. The zero-order valence-electron chi connectivity index (χ0n) is 11.1. The zero-order valence-corrected chi connectivity index (χ0v) is 12.7. The van der Waals surface area contributed by atoms with Crippen molar-refractivity contribution < 1.29 is 9.53 Å². The van der Waals surface area contributed by atoms with Gasteiger partial charge in [0.05, 0.1) is 18.0 Å². The van der Waals surface area contributed by atoms with Gasteiger partial charge >= 0.3 is 6.09 Å². The molecule has 0 saturated carbocycles. The average molecular weight is 304 g/mol. The molecule has 106 valence electrons. The Kier molecular flexibility index (Phi) is 7.86. The topological polar surface area (TPSA) is 53.6 Å². The quantitative estimate of drug-likeness (QED) is 0.841. The van der Waals surface area contributed by atoms with E-state index in [4.69, 9.17) is 17.0 Å². The van der Waals surface area contributed by atoms with Crippen LogP contribution in [0.15, 0.2) is 24.3 Å². The fraction of sp³-hybridized carbons (Fsp3) is 0.333. The maximum atomic E-state index is 11.2. The third-order valence-corrected chi connectivity index (χ3v) is 2.33. The van der Waals surface area contributed by atoms with E-state index in [1.54, 1.807) is 6.92 Å². The zero-order chi connectivity index (χ0) is 13.5. The van der Waals surface area contributed by atoms with Crippen LogP contribution < -0.4 is 15.5 Å². The van der Waals surface area contributed by atoms with Crippen molar-refractivity contribution in [3.63, 3.8) is 0 Å². The molecule has 0 fully saturated rings. The number of para-hydroxylation sites is 2. The minimum Gasteiger partial charge on any atom is -0.450 e. The van der Waals surface area contributed by atoms with Crippen LogP contribution in [0.25, 0.3) is 0 Å². The molecule has 0 radical (unpaired) electrons. The van der Waals surface area contributed by atoms with Gasteiger partial charge in [-0.3, -0.25) is 5.32 Å². The Morgan fingerprint density at radius 1 is 1.37 bits per heavy atom. The minimum absolute atomic E-state index is 0. The van der Waals surface area contributed by atoms with E-state index in [9.17, 15) is 4.79 Å². The fourth-order valence-corrected chi connectivity index (χ4v) is 1.58. The molecule has 0 aliphatic carbocycles. The van der Waals surface area contributed by atoms with E-state index in [1.165, 1.54) is 0 Å². The van der Waals surface area contributed by atoms with Gasteiger partial charge in [0.15, 0.2) is 5.11 Å². The number of thiocarbonyl (C=S) groups is 1. The Hall–Kier alpha value is -1.53. The summed E-state index contributed by atoms with van der Waals surface area (Å²) in [5.74, 6) is 0. The van der Waals surface area contributed by atoms with Gasteiger partial charge in [-0.25, -0.2) is 4.79 Å². The summed E-state index contributed by atoms with van der Waals surface area (Å²) in [6.45, 7) is 2.04. The van der Waals surface area contributed by atoms with Crippen molar-refractivity contribution >= 4 is 47.2 Å². The molecule has 0 atom stereocenters. The minimum atomic E-state index is -0.558. The van der Waals surface area contributed by atoms with Crippen LogP contribution in [0.2, 0.25) is 0 Å². The molecule has 0 heterocycles. The lowest BCUT2D eigenvalue weighted by Gasteiger charge is -2.18. The van der Waals surface area contributed by atoms with E-state index in [1.807, 2.05) is 43.3 Å². The van der Waals surface area contributed by atoms with Crippen molar-refractivity contribution in [2.75, 3.05) is 30.9 Å². The van der Waals surface area contributed by atoms with Gasteiger partial charge in [0.2, 0.25) is 0 Å². The molecule has 1 aromatic carbocycles. The summed E-state index contributed by atoms with van der Waals surface area (Å²) < 4.78 is 4.74. The van der Waals surface area contributed by atoms with Crippen LogP contribution in [0.4, 0.5) is 16.2 Å². The number of amides is 1. The summed E-state index contributed by atoms with van der Waals surface area (Å²) in [7, 11) is 3.87. The van der Waals surface area contributed by atoms with Crippen molar-refractivity contribution in [2.24, 2.45) is 0 Å². The van der Waals surface area contributed by atoms with Crippen LogP contribution in [0.3, 0.4) is 0 Å². The number of anilines is 2. The summed E-state index contributed by atoms with van der Waals surface area (Å²) in [5, 5.41) is 5.61. The molecule has 0 spiro atoms. The van der Waals surface area contributed by atoms with Gasteiger partial charge in [0.25, 0.3) is 0 Å². The number of halogens is 1. The summed E-state index contributed by atoms with van der Waals surface area (Å²) in [6.07, 6.45) is -0.558. The summed E-state index contributed by atoms with van der Waals surface area (Å²) >= 11 is 5.03. The number of benzene rings is 1. The van der Waals surface area contributed by atoms with Crippen molar-refractivity contribution in [3.8, 4) is 0 Å². The first-order chi connectivity index (χ1) is 8.54. The number of hydrogen-bond acceptors (Lipinski definition) is 4. The molecule has 1 amide bonds. The largest absolute Gasteiger partial charge is 0.450 e. The van der Waals surface area contributed by atoms with Crippen molar-refractivity contribution in [1.82, 2.24) is 5.32 Å². The van der Waals surface area contributed by atoms with Crippen LogP contribution in [0.1, 0.15) is 6.92 Å². The van der Waals surface area contributed by atoms with Gasteiger partial charge in [-0.1, -0.05) is 12.1 Å². The van der Waals surface area contributed by atoms with E-state index in [0.717, 1.165) is 11.4 Å².